The van der Waals surface area contributed by atoms with Crippen molar-refractivity contribution in [2.75, 3.05) is 14.2 Å². The Balaban J connectivity index is 1.48. The fraction of sp³-hybridized carbons (Fsp3) is 0.111. The number of ether oxygens (including phenoxy) is 3. The van der Waals surface area contributed by atoms with Crippen LogP contribution in [0, 0.1) is 10.1 Å². The molecule has 1 amide bonds. The van der Waals surface area contributed by atoms with Gasteiger partial charge in [0.2, 0.25) is 0 Å². The van der Waals surface area contributed by atoms with E-state index < -0.39 is 10.8 Å². The summed E-state index contributed by atoms with van der Waals surface area (Å²) in [6, 6.07) is 20.9. The highest BCUT2D eigenvalue weighted by molar-refractivity contribution is 9.10. The number of hydrogen-bond donors (Lipinski definition) is 1. The fourth-order valence-electron chi connectivity index (χ4n) is 3.63. The first-order valence-electron chi connectivity index (χ1n) is 11.0. The van der Waals surface area contributed by atoms with E-state index >= 15 is 0 Å². The predicted octanol–water partition coefficient (Wildman–Crippen LogP) is 5.87. The van der Waals surface area contributed by atoms with Gasteiger partial charge >= 0.3 is 0 Å². The van der Waals surface area contributed by atoms with Gasteiger partial charge in [0.05, 0.1) is 30.9 Å². The van der Waals surface area contributed by atoms with Gasteiger partial charge in [0, 0.05) is 22.2 Å². The number of carbonyl (C=O) groups is 1. The Morgan fingerprint density at radius 2 is 1.70 bits per heavy atom. The molecule has 9 nitrogen and oxygen atoms in total. The molecule has 0 saturated carbocycles. The molecule has 0 atom stereocenters. The lowest BCUT2D eigenvalue weighted by Crippen LogP contribution is -2.18. The van der Waals surface area contributed by atoms with Gasteiger partial charge in [-0.2, -0.15) is 5.10 Å². The number of nitrogens with one attached hydrogen (secondary N) is 1. The summed E-state index contributed by atoms with van der Waals surface area (Å²) in [6.07, 6.45) is 1.47. The van der Waals surface area contributed by atoms with E-state index in [1.54, 1.807) is 30.3 Å². The summed E-state index contributed by atoms with van der Waals surface area (Å²) >= 11 is 3.48. The van der Waals surface area contributed by atoms with Crippen LogP contribution in [0.2, 0.25) is 0 Å². The van der Waals surface area contributed by atoms with E-state index in [0.29, 0.717) is 38.4 Å². The first-order chi connectivity index (χ1) is 17.9. The van der Waals surface area contributed by atoms with Gasteiger partial charge in [0.25, 0.3) is 11.6 Å². The van der Waals surface area contributed by atoms with Crippen LogP contribution in [-0.2, 0) is 6.61 Å². The minimum absolute atomic E-state index is 0.0100. The molecule has 0 aromatic heterocycles. The maximum Gasteiger partial charge on any atom is 0.275 e. The number of halogens is 1. The van der Waals surface area contributed by atoms with E-state index in [0.717, 1.165) is 10.8 Å². The highest BCUT2D eigenvalue weighted by atomic mass is 79.9. The molecule has 0 aliphatic carbocycles. The number of carbonyl (C=O) groups excluding carboxylic acids is 1. The van der Waals surface area contributed by atoms with E-state index in [4.69, 9.17) is 14.2 Å². The molecule has 0 unspecified atom stereocenters. The summed E-state index contributed by atoms with van der Waals surface area (Å²) in [6.45, 7) is 0.113. The number of nitro benzene ring substituents is 1. The Morgan fingerprint density at radius 1 is 0.973 bits per heavy atom. The number of rotatable bonds is 9. The summed E-state index contributed by atoms with van der Waals surface area (Å²) in [4.78, 5) is 23.3. The number of benzene rings is 4. The lowest BCUT2D eigenvalue weighted by Gasteiger charge is -2.13. The van der Waals surface area contributed by atoms with E-state index in [2.05, 4.69) is 26.5 Å². The van der Waals surface area contributed by atoms with E-state index in [1.807, 2.05) is 30.3 Å². The summed E-state index contributed by atoms with van der Waals surface area (Å²) in [5.41, 5.74) is 4.15. The Bertz CT molecular complexity index is 1510. The highest BCUT2D eigenvalue weighted by Gasteiger charge is 2.14. The maximum atomic E-state index is 12.8. The van der Waals surface area contributed by atoms with Gasteiger partial charge < -0.3 is 14.2 Å². The monoisotopic (exact) mass is 563 g/mol. The first-order valence-corrected chi connectivity index (χ1v) is 11.8. The van der Waals surface area contributed by atoms with Crippen LogP contribution in [0.25, 0.3) is 10.8 Å². The number of nitro groups is 1. The molecule has 0 fully saturated rings. The smallest absolute Gasteiger partial charge is 0.275 e. The van der Waals surface area contributed by atoms with Crippen LogP contribution >= 0.6 is 15.9 Å². The van der Waals surface area contributed by atoms with Crippen molar-refractivity contribution < 1.29 is 23.9 Å². The highest BCUT2D eigenvalue weighted by Crippen LogP contribution is 2.34. The Labute approximate surface area is 220 Å². The van der Waals surface area contributed by atoms with E-state index in [9.17, 15) is 14.9 Å². The van der Waals surface area contributed by atoms with Crippen molar-refractivity contribution in [3.8, 4) is 17.2 Å². The van der Waals surface area contributed by atoms with Gasteiger partial charge in [0.15, 0.2) is 11.5 Å². The molecular weight excluding hydrogens is 542 g/mol. The number of non-ortho nitro benzene ring substituents is 1. The summed E-state index contributed by atoms with van der Waals surface area (Å²) < 4.78 is 17.3. The molecule has 0 bridgehead atoms. The summed E-state index contributed by atoms with van der Waals surface area (Å²) in [5.74, 6) is 0.888. The number of fused-ring (bicyclic) bond motifs is 1. The zero-order chi connectivity index (χ0) is 26.4. The SMILES string of the molecule is COc1cc(/C=N\NC(=O)c2cc3ccccc3cc2OC)c(Br)cc1OCc1cccc([N+](=O)[O-])c1. The topological polar surface area (TPSA) is 112 Å². The molecular formula is C27H22BrN3O6. The van der Waals surface area contributed by atoms with Crippen molar-refractivity contribution in [3.05, 3.63) is 104 Å². The Hall–Kier alpha value is -4.44. The fourth-order valence-corrected chi connectivity index (χ4v) is 4.05. The van der Waals surface area contributed by atoms with Crippen LogP contribution in [0.4, 0.5) is 5.69 Å². The minimum atomic E-state index is -0.455. The molecule has 0 radical (unpaired) electrons. The molecule has 0 heterocycles. The zero-order valence-electron chi connectivity index (χ0n) is 19.9. The maximum absolute atomic E-state index is 12.8. The Kier molecular flexibility index (Phi) is 7.99. The molecule has 0 aliphatic rings. The molecule has 4 aromatic carbocycles. The number of amides is 1. The second-order valence-electron chi connectivity index (χ2n) is 7.84. The summed E-state index contributed by atoms with van der Waals surface area (Å²) in [5, 5.41) is 17.0. The van der Waals surface area contributed by atoms with Crippen LogP contribution in [0.5, 0.6) is 17.2 Å². The van der Waals surface area contributed by atoms with Crippen LogP contribution in [-0.4, -0.2) is 31.3 Å². The Morgan fingerprint density at radius 3 is 2.41 bits per heavy atom. The van der Waals surface area contributed by atoms with Gasteiger partial charge in [-0.3, -0.25) is 14.9 Å². The molecule has 10 heteroatoms. The van der Waals surface area contributed by atoms with Gasteiger partial charge in [-0.1, -0.05) is 36.4 Å². The first kappa shape index (κ1) is 25.6. The van der Waals surface area contributed by atoms with E-state index in [-0.39, 0.29) is 12.3 Å². The third kappa shape index (κ3) is 6.04. The second-order valence-corrected chi connectivity index (χ2v) is 8.69. The van der Waals surface area contributed by atoms with Gasteiger partial charge in [-0.25, -0.2) is 5.43 Å². The molecule has 188 valence electrons. The zero-order valence-corrected chi connectivity index (χ0v) is 21.5. The predicted molar refractivity (Wildman–Crippen MR) is 144 cm³/mol. The number of hydrogen-bond acceptors (Lipinski definition) is 7. The lowest BCUT2D eigenvalue weighted by atomic mass is 10.1. The molecule has 37 heavy (non-hydrogen) atoms. The number of hydrazone groups is 1. The van der Waals surface area contributed by atoms with Crippen molar-refractivity contribution in [1.82, 2.24) is 5.43 Å². The standard InChI is InChI=1S/C27H22BrN3O6/c1-35-24-12-19-8-4-3-7-18(19)11-22(24)27(32)30-29-15-20-13-25(36-2)26(14-23(20)28)37-16-17-6-5-9-21(10-17)31(33)34/h3-15H,16H2,1-2H3,(H,30,32)/b29-15-. The molecule has 1 N–H and O–H groups in total. The van der Waals surface area contributed by atoms with Crippen LogP contribution in [0.1, 0.15) is 21.5 Å². The minimum Gasteiger partial charge on any atom is -0.496 e. The molecule has 0 aliphatic heterocycles. The number of methoxy groups -OCH3 is 2. The normalized spacial score (nSPS) is 10.9. The van der Waals surface area contributed by atoms with Crippen molar-refractivity contribution in [3.63, 3.8) is 0 Å². The molecule has 4 aromatic rings. The largest absolute Gasteiger partial charge is 0.496 e. The average Bonchev–Trinajstić information content (AvgIpc) is 2.92. The van der Waals surface area contributed by atoms with Crippen LogP contribution in [0.3, 0.4) is 0 Å². The van der Waals surface area contributed by atoms with Crippen molar-refractivity contribution >= 4 is 44.5 Å². The van der Waals surface area contributed by atoms with Crippen LogP contribution in [0.15, 0.2) is 82.4 Å². The third-order valence-electron chi connectivity index (χ3n) is 5.48. The van der Waals surface area contributed by atoms with Crippen molar-refractivity contribution in [2.24, 2.45) is 5.10 Å². The van der Waals surface area contributed by atoms with E-state index in [1.165, 1.54) is 32.6 Å². The van der Waals surface area contributed by atoms with Gasteiger partial charge in [-0.15, -0.1) is 0 Å². The molecule has 0 spiro atoms. The molecule has 4 rings (SSSR count). The summed E-state index contributed by atoms with van der Waals surface area (Å²) in [7, 11) is 3.01. The average molecular weight is 564 g/mol. The number of nitrogens with zero attached hydrogens (tertiary/aromatic N) is 2. The molecule has 0 saturated heterocycles. The lowest BCUT2D eigenvalue weighted by molar-refractivity contribution is -0.384. The van der Waals surface area contributed by atoms with Crippen molar-refractivity contribution in [2.45, 2.75) is 6.61 Å². The van der Waals surface area contributed by atoms with Gasteiger partial charge in [0.1, 0.15) is 12.4 Å². The van der Waals surface area contributed by atoms with Crippen LogP contribution < -0.4 is 19.6 Å². The van der Waals surface area contributed by atoms with Gasteiger partial charge in [-0.05, 0) is 56.5 Å². The second kappa shape index (κ2) is 11.5. The quantitative estimate of drug-likeness (QED) is 0.155. The van der Waals surface area contributed by atoms with Crippen molar-refractivity contribution in [1.29, 1.82) is 0 Å². The third-order valence-corrected chi connectivity index (χ3v) is 6.17.